The molecule has 0 atom stereocenters. The Labute approximate surface area is 80.8 Å². The van der Waals surface area contributed by atoms with Crippen molar-refractivity contribution in [2.75, 3.05) is 0 Å². The quantitative estimate of drug-likeness (QED) is 0.627. The van der Waals surface area contributed by atoms with E-state index in [1.807, 2.05) is 0 Å². The molecular weight excluding hydrogens is 206 g/mol. The van der Waals surface area contributed by atoms with Crippen LogP contribution in [0.3, 0.4) is 0 Å². The summed E-state index contributed by atoms with van der Waals surface area (Å²) in [4.78, 5) is 0. The first-order valence-electron chi connectivity index (χ1n) is 3.82. The summed E-state index contributed by atoms with van der Waals surface area (Å²) in [7, 11) is 0. The SMILES string of the molecule is FC(Cl)(Cl)SC1CCCCC1. The molecule has 0 spiro atoms. The van der Waals surface area contributed by atoms with Crippen molar-refractivity contribution < 1.29 is 4.39 Å². The van der Waals surface area contributed by atoms with E-state index < -0.39 is 3.92 Å². The van der Waals surface area contributed by atoms with E-state index >= 15 is 0 Å². The molecule has 0 amide bonds. The molecule has 0 radical (unpaired) electrons. The second-order valence-electron chi connectivity index (χ2n) is 2.82. The first kappa shape index (κ1) is 9.94. The van der Waals surface area contributed by atoms with E-state index in [1.165, 1.54) is 19.3 Å². The smallest absolute Gasteiger partial charge is 0.195 e. The molecule has 11 heavy (non-hydrogen) atoms. The lowest BCUT2D eigenvalue weighted by atomic mass is 10.0. The molecule has 0 saturated heterocycles. The molecule has 1 rings (SSSR count). The molecule has 0 nitrogen and oxygen atoms in total. The van der Waals surface area contributed by atoms with Crippen LogP contribution in [-0.4, -0.2) is 9.17 Å². The Kier molecular flexibility index (Phi) is 3.79. The molecule has 0 N–H and O–H groups in total. The third kappa shape index (κ3) is 4.44. The molecule has 1 aliphatic carbocycles. The largest absolute Gasteiger partial charge is 0.305 e. The minimum Gasteiger partial charge on any atom is -0.195 e. The van der Waals surface area contributed by atoms with Gasteiger partial charge in [0.25, 0.3) is 0 Å². The molecule has 0 heterocycles. The number of alkyl halides is 3. The van der Waals surface area contributed by atoms with Gasteiger partial charge in [-0.25, -0.2) is 0 Å². The average Bonchev–Trinajstić information content (AvgIpc) is 1.85. The van der Waals surface area contributed by atoms with Gasteiger partial charge in [-0.2, -0.15) is 4.39 Å². The second kappa shape index (κ2) is 4.20. The summed E-state index contributed by atoms with van der Waals surface area (Å²) >= 11 is 11.5. The molecule has 0 aromatic heterocycles. The third-order valence-corrected chi connectivity index (χ3v) is 3.46. The van der Waals surface area contributed by atoms with E-state index in [-0.39, 0.29) is 0 Å². The van der Waals surface area contributed by atoms with Gasteiger partial charge >= 0.3 is 3.92 Å². The van der Waals surface area contributed by atoms with Crippen molar-refractivity contribution in [2.24, 2.45) is 0 Å². The fraction of sp³-hybridized carbons (Fsp3) is 1.00. The van der Waals surface area contributed by atoms with E-state index in [4.69, 9.17) is 23.2 Å². The Morgan fingerprint density at radius 1 is 1.18 bits per heavy atom. The molecule has 0 unspecified atom stereocenters. The minimum atomic E-state index is -2.08. The Bertz CT molecular complexity index is 118. The molecule has 1 aliphatic rings. The number of thioether (sulfide) groups is 1. The highest BCUT2D eigenvalue weighted by atomic mass is 35.5. The molecule has 1 fully saturated rings. The zero-order chi connectivity index (χ0) is 8.32. The summed E-state index contributed by atoms with van der Waals surface area (Å²) in [5, 5.41) is 0.323. The van der Waals surface area contributed by atoms with Crippen molar-refractivity contribution in [1.29, 1.82) is 0 Å². The second-order valence-corrected chi connectivity index (χ2v) is 5.97. The van der Waals surface area contributed by atoms with Crippen LogP contribution in [0.15, 0.2) is 0 Å². The van der Waals surface area contributed by atoms with Gasteiger partial charge in [0, 0.05) is 5.25 Å². The number of rotatable bonds is 2. The predicted molar refractivity (Wildman–Crippen MR) is 50.0 cm³/mol. The van der Waals surface area contributed by atoms with Crippen LogP contribution in [-0.2, 0) is 0 Å². The van der Waals surface area contributed by atoms with E-state index in [2.05, 4.69) is 0 Å². The molecule has 0 aromatic rings. The van der Waals surface area contributed by atoms with Gasteiger partial charge in [-0.3, -0.25) is 0 Å². The first-order valence-corrected chi connectivity index (χ1v) is 5.46. The minimum absolute atomic E-state index is 0.323. The van der Waals surface area contributed by atoms with Crippen LogP contribution in [0.5, 0.6) is 0 Å². The van der Waals surface area contributed by atoms with Crippen molar-refractivity contribution in [1.82, 2.24) is 0 Å². The van der Waals surface area contributed by atoms with Crippen LogP contribution >= 0.6 is 35.0 Å². The van der Waals surface area contributed by atoms with E-state index in [9.17, 15) is 4.39 Å². The van der Waals surface area contributed by atoms with Crippen LogP contribution in [0, 0.1) is 0 Å². The summed E-state index contributed by atoms with van der Waals surface area (Å²) in [5.41, 5.74) is 0. The van der Waals surface area contributed by atoms with Crippen molar-refractivity contribution in [2.45, 2.75) is 41.3 Å². The van der Waals surface area contributed by atoms with Gasteiger partial charge in [0.1, 0.15) is 0 Å². The molecule has 1 saturated carbocycles. The normalized spacial score (nSPS) is 22.1. The van der Waals surface area contributed by atoms with Crippen molar-refractivity contribution >= 4 is 35.0 Å². The number of hydrogen-bond donors (Lipinski definition) is 0. The molecular formula is C7H11Cl2FS. The Morgan fingerprint density at radius 2 is 1.73 bits per heavy atom. The van der Waals surface area contributed by atoms with Crippen molar-refractivity contribution in [3.05, 3.63) is 0 Å². The zero-order valence-electron chi connectivity index (χ0n) is 6.16. The van der Waals surface area contributed by atoms with Crippen molar-refractivity contribution in [3.8, 4) is 0 Å². The summed E-state index contributed by atoms with van der Waals surface area (Å²) in [6.45, 7) is 0. The molecule has 0 aliphatic heterocycles. The van der Waals surface area contributed by atoms with Crippen LogP contribution < -0.4 is 0 Å². The maximum atomic E-state index is 12.7. The highest BCUT2D eigenvalue weighted by molar-refractivity contribution is 8.03. The van der Waals surface area contributed by atoms with Crippen molar-refractivity contribution in [3.63, 3.8) is 0 Å². The summed E-state index contributed by atoms with van der Waals surface area (Å²) in [6.07, 6.45) is 5.73. The van der Waals surface area contributed by atoms with E-state index in [0.717, 1.165) is 24.6 Å². The fourth-order valence-electron chi connectivity index (χ4n) is 1.37. The molecule has 0 aromatic carbocycles. The maximum Gasteiger partial charge on any atom is 0.305 e. The summed E-state index contributed by atoms with van der Waals surface area (Å²) < 4.78 is 10.6. The summed E-state index contributed by atoms with van der Waals surface area (Å²) in [6, 6.07) is 0. The van der Waals surface area contributed by atoms with E-state index in [0.29, 0.717) is 5.25 Å². The topological polar surface area (TPSA) is 0 Å². The number of halogens is 3. The van der Waals surface area contributed by atoms with Gasteiger partial charge in [0.05, 0.1) is 0 Å². The van der Waals surface area contributed by atoms with Gasteiger partial charge in [-0.1, -0.05) is 54.2 Å². The first-order chi connectivity index (χ1) is 5.08. The van der Waals surface area contributed by atoms with Gasteiger partial charge < -0.3 is 0 Å². The monoisotopic (exact) mass is 216 g/mol. The lowest BCUT2D eigenvalue weighted by Crippen LogP contribution is -2.13. The number of hydrogen-bond acceptors (Lipinski definition) is 1. The molecule has 0 bridgehead atoms. The molecule has 4 heteroatoms. The Balaban J connectivity index is 2.24. The van der Waals surface area contributed by atoms with Crippen LogP contribution in [0.4, 0.5) is 4.39 Å². The van der Waals surface area contributed by atoms with Gasteiger partial charge in [0.2, 0.25) is 0 Å². The summed E-state index contributed by atoms with van der Waals surface area (Å²) in [5.74, 6) is 0. The van der Waals surface area contributed by atoms with Gasteiger partial charge in [-0.05, 0) is 12.8 Å². The Morgan fingerprint density at radius 3 is 2.18 bits per heavy atom. The fourth-order valence-corrected chi connectivity index (χ4v) is 3.07. The lowest BCUT2D eigenvalue weighted by molar-refractivity contribution is 0.489. The zero-order valence-corrected chi connectivity index (χ0v) is 8.48. The van der Waals surface area contributed by atoms with Crippen LogP contribution in [0.25, 0.3) is 0 Å². The van der Waals surface area contributed by atoms with Crippen LogP contribution in [0.1, 0.15) is 32.1 Å². The Hall–Kier alpha value is 0.860. The third-order valence-electron chi connectivity index (χ3n) is 1.85. The average molecular weight is 217 g/mol. The standard InChI is InChI=1S/C7H11Cl2FS/c8-7(9,10)11-6-4-2-1-3-5-6/h6H,1-5H2. The van der Waals surface area contributed by atoms with Crippen LogP contribution in [0.2, 0.25) is 0 Å². The van der Waals surface area contributed by atoms with Gasteiger partial charge in [-0.15, -0.1) is 0 Å². The van der Waals surface area contributed by atoms with E-state index in [1.54, 1.807) is 0 Å². The highest BCUT2D eigenvalue weighted by Crippen LogP contribution is 2.43. The van der Waals surface area contributed by atoms with Gasteiger partial charge in [0.15, 0.2) is 0 Å². The molecule has 66 valence electrons. The lowest BCUT2D eigenvalue weighted by Gasteiger charge is -2.23. The maximum absolute atomic E-state index is 12.7. The highest BCUT2D eigenvalue weighted by Gasteiger charge is 2.28. The predicted octanol–water partition coefficient (Wildman–Crippen LogP) is 4.11.